The molecule has 3 heterocycles. The zero-order valence-corrected chi connectivity index (χ0v) is 11.0. The van der Waals surface area contributed by atoms with Crippen LogP contribution in [0.4, 0.5) is 5.13 Å². The lowest BCUT2D eigenvalue weighted by atomic mass is 10.1. The van der Waals surface area contributed by atoms with Gasteiger partial charge in [-0.05, 0) is 24.9 Å². The van der Waals surface area contributed by atoms with E-state index in [9.17, 15) is 0 Å². The number of hydrogen-bond acceptors (Lipinski definition) is 5. The fourth-order valence-electron chi connectivity index (χ4n) is 2.33. The standard InChI is InChI=1S/C11H15N3S2/c1-2-4-14-5-3-7-8(6-14)15-10-9(7)16-11(12)13-10/h2-6H2,1H3,(H2,12,13). The van der Waals surface area contributed by atoms with E-state index in [2.05, 4.69) is 16.8 Å². The molecule has 0 fully saturated rings. The number of aromatic nitrogens is 1. The van der Waals surface area contributed by atoms with Crippen molar-refractivity contribution in [3.63, 3.8) is 0 Å². The van der Waals surface area contributed by atoms with Gasteiger partial charge in [0.05, 0.1) is 4.70 Å². The summed E-state index contributed by atoms with van der Waals surface area (Å²) in [7, 11) is 0. The maximum absolute atomic E-state index is 5.75. The lowest BCUT2D eigenvalue weighted by Gasteiger charge is -2.25. The van der Waals surface area contributed by atoms with Gasteiger partial charge in [0.25, 0.3) is 0 Å². The summed E-state index contributed by atoms with van der Waals surface area (Å²) in [6, 6.07) is 0. The van der Waals surface area contributed by atoms with Crippen LogP contribution in [0.2, 0.25) is 0 Å². The highest BCUT2D eigenvalue weighted by Crippen LogP contribution is 2.39. The average molecular weight is 253 g/mol. The number of hydrogen-bond donors (Lipinski definition) is 1. The Labute approximate surface area is 103 Å². The Kier molecular flexibility index (Phi) is 2.61. The number of thiophene rings is 1. The van der Waals surface area contributed by atoms with Gasteiger partial charge >= 0.3 is 0 Å². The highest BCUT2D eigenvalue weighted by molar-refractivity contribution is 7.29. The van der Waals surface area contributed by atoms with E-state index >= 15 is 0 Å². The van der Waals surface area contributed by atoms with Crippen LogP contribution in [0.25, 0.3) is 9.53 Å². The minimum atomic E-state index is 0.708. The zero-order chi connectivity index (χ0) is 11.1. The highest BCUT2D eigenvalue weighted by atomic mass is 32.1. The summed E-state index contributed by atoms with van der Waals surface area (Å²) in [5, 5.41) is 0.708. The van der Waals surface area contributed by atoms with E-state index in [0.29, 0.717) is 5.13 Å². The summed E-state index contributed by atoms with van der Waals surface area (Å²) >= 11 is 3.47. The van der Waals surface area contributed by atoms with Gasteiger partial charge in [0.2, 0.25) is 0 Å². The Bertz CT molecular complexity index is 514. The van der Waals surface area contributed by atoms with Crippen molar-refractivity contribution in [1.29, 1.82) is 0 Å². The Hall–Kier alpha value is -0.650. The number of anilines is 1. The van der Waals surface area contributed by atoms with Crippen LogP contribution in [-0.2, 0) is 13.0 Å². The molecule has 2 aromatic rings. The SMILES string of the molecule is CCCN1CCc2c(sc3nc(N)sc23)C1. The first-order valence-electron chi connectivity index (χ1n) is 5.67. The molecule has 0 aromatic carbocycles. The molecule has 0 bridgehead atoms. The van der Waals surface area contributed by atoms with Crippen molar-refractivity contribution < 1.29 is 0 Å². The summed E-state index contributed by atoms with van der Waals surface area (Å²) in [5.74, 6) is 0. The Balaban J connectivity index is 1.97. The van der Waals surface area contributed by atoms with Crippen LogP contribution in [0.5, 0.6) is 0 Å². The van der Waals surface area contributed by atoms with Gasteiger partial charge in [0, 0.05) is 18.0 Å². The summed E-state index contributed by atoms with van der Waals surface area (Å²) in [6.45, 7) is 5.74. The van der Waals surface area contributed by atoms with Crippen molar-refractivity contribution in [3.8, 4) is 0 Å². The number of fused-ring (bicyclic) bond motifs is 3. The van der Waals surface area contributed by atoms with E-state index in [1.165, 1.54) is 34.7 Å². The first-order chi connectivity index (χ1) is 7.78. The number of thiazole rings is 1. The van der Waals surface area contributed by atoms with Crippen molar-refractivity contribution in [3.05, 3.63) is 10.4 Å². The Morgan fingerprint density at radius 1 is 1.44 bits per heavy atom. The Morgan fingerprint density at radius 3 is 3.12 bits per heavy atom. The molecule has 0 amide bonds. The van der Waals surface area contributed by atoms with E-state index < -0.39 is 0 Å². The molecule has 0 spiro atoms. The van der Waals surface area contributed by atoms with E-state index in [0.717, 1.165) is 17.8 Å². The molecular weight excluding hydrogens is 238 g/mol. The Morgan fingerprint density at radius 2 is 2.31 bits per heavy atom. The van der Waals surface area contributed by atoms with Gasteiger partial charge in [-0.25, -0.2) is 4.98 Å². The van der Waals surface area contributed by atoms with E-state index in [-0.39, 0.29) is 0 Å². The normalized spacial score (nSPS) is 16.8. The smallest absolute Gasteiger partial charge is 0.181 e. The second-order valence-electron chi connectivity index (χ2n) is 4.22. The third kappa shape index (κ3) is 1.63. The molecule has 0 atom stereocenters. The van der Waals surface area contributed by atoms with Crippen LogP contribution in [-0.4, -0.2) is 23.0 Å². The second kappa shape index (κ2) is 3.98. The summed E-state index contributed by atoms with van der Waals surface area (Å²) in [4.78, 5) is 9.57. The van der Waals surface area contributed by atoms with Gasteiger partial charge in [0.1, 0.15) is 4.83 Å². The fourth-order valence-corrected chi connectivity index (χ4v) is 4.69. The van der Waals surface area contributed by atoms with Gasteiger partial charge < -0.3 is 5.73 Å². The number of nitrogen functional groups attached to an aromatic ring is 1. The molecule has 2 aromatic heterocycles. The molecule has 0 saturated carbocycles. The number of nitrogens with two attached hydrogens (primary N) is 1. The summed E-state index contributed by atoms with van der Waals surface area (Å²) < 4.78 is 1.34. The molecule has 0 radical (unpaired) electrons. The fraction of sp³-hybridized carbons (Fsp3) is 0.545. The first-order valence-corrected chi connectivity index (χ1v) is 7.30. The monoisotopic (exact) mass is 253 g/mol. The maximum atomic E-state index is 5.75. The van der Waals surface area contributed by atoms with Crippen LogP contribution < -0.4 is 5.73 Å². The molecule has 5 heteroatoms. The topological polar surface area (TPSA) is 42.2 Å². The van der Waals surface area contributed by atoms with Gasteiger partial charge in [-0.3, -0.25) is 4.90 Å². The van der Waals surface area contributed by atoms with Crippen molar-refractivity contribution in [1.82, 2.24) is 9.88 Å². The van der Waals surface area contributed by atoms with Crippen molar-refractivity contribution in [2.24, 2.45) is 0 Å². The van der Waals surface area contributed by atoms with Gasteiger partial charge in [-0.1, -0.05) is 18.3 Å². The minimum absolute atomic E-state index is 0.708. The van der Waals surface area contributed by atoms with Gasteiger partial charge in [-0.15, -0.1) is 11.3 Å². The lowest BCUT2D eigenvalue weighted by Crippen LogP contribution is -2.30. The van der Waals surface area contributed by atoms with Crippen LogP contribution in [0.1, 0.15) is 23.8 Å². The largest absolute Gasteiger partial charge is 0.375 e. The third-order valence-electron chi connectivity index (χ3n) is 3.03. The highest BCUT2D eigenvalue weighted by Gasteiger charge is 2.22. The molecule has 3 rings (SSSR count). The zero-order valence-electron chi connectivity index (χ0n) is 9.32. The molecule has 0 unspecified atom stereocenters. The molecule has 0 aliphatic carbocycles. The van der Waals surface area contributed by atoms with Crippen molar-refractivity contribution in [2.45, 2.75) is 26.3 Å². The molecule has 0 saturated heterocycles. The van der Waals surface area contributed by atoms with E-state index in [1.807, 2.05) is 11.3 Å². The van der Waals surface area contributed by atoms with Gasteiger partial charge in [-0.2, -0.15) is 0 Å². The predicted molar refractivity (Wildman–Crippen MR) is 71.2 cm³/mol. The third-order valence-corrected chi connectivity index (χ3v) is 5.21. The van der Waals surface area contributed by atoms with Crippen molar-refractivity contribution >= 4 is 37.3 Å². The number of rotatable bonds is 2. The lowest BCUT2D eigenvalue weighted by molar-refractivity contribution is 0.258. The van der Waals surface area contributed by atoms with E-state index in [4.69, 9.17) is 5.73 Å². The summed E-state index contributed by atoms with van der Waals surface area (Å²) in [6.07, 6.45) is 2.40. The molecular formula is C11H15N3S2. The predicted octanol–water partition coefficient (Wildman–Crippen LogP) is 2.71. The van der Waals surface area contributed by atoms with Gasteiger partial charge in [0.15, 0.2) is 5.13 Å². The van der Waals surface area contributed by atoms with Crippen molar-refractivity contribution in [2.75, 3.05) is 18.8 Å². The first kappa shape index (κ1) is 10.5. The average Bonchev–Trinajstić information content (AvgIpc) is 2.73. The molecule has 2 N–H and O–H groups in total. The maximum Gasteiger partial charge on any atom is 0.181 e. The van der Waals surface area contributed by atoms with E-state index in [1.54, 1.807) is 11.3 Å². The molecule has 3 nitrogen and oxygen atoms in total. The summed E-state index contributed by atoms with van der Waals surface area (Å²) in [5.41, 5.74) is 7.26. The number of nitrogens with zero attached hydrogens (tertiary/aromatic N) is 2. The van der Waals surface area contributed by atoms with Crippen LogP contribution in [0, 0.1) is 0 Å². The van der Waals surface area contributed by atoms with Crippen LogP contribution >= 0.6 is 22.7 Å². The van der Waals surface area contributed by atoms with Crippen LogP contribution in [0.3, 0.4) is 0 Å². The molecule has 86 valence electrons. The molecule has 16 heavy (non-hydrogen) atoms. The second-order valence-corrected chi connectivity index (χ2v) is 6.33. The minimum Gasteiger partial charge on any atom is -0.375 e. The molecule has 1 aliphatic rings. The molecule has 1 aliphatic heterocycles. The van der Waals surface area contributed by atoms with Crippen LogP contribution in [0.15, 0.2) is 0 Å². The quantitative estimate of drug-likeness (QED) is 0.895.